The van der Waals surface area contributed by atoms with Gasteiger partial charge in [0.15, 0.2) is 9.84 Å². The van der Waals surface area contributed by atoms with Gasteiger partial charge in [-0.3, -0.25) is 0 Å². The highest BCUT2D eigenvalue weighted by Crippen LogP contribution is 2.33. The van der Waals surface area contributed by atoms with Crippen LogP contribution in [0.5, 0.6) is 0 Å². The molecule has 0 amide bonds. The van der Waals surface area contributed by atoms with Crippen molar-refractivity contribution in [1.82, 2.24) is 5.32 Å². The summed E-state index contributed by atoms with van der Waals surface area (Å²) in [5.74, 6) is 0. The van der Waals surface area contributed by atoms with Gasteiger partial charge in [-0.1, -0.05) is 25.7 Å². The minimum Gasteiger partial charge on any atom is -0.310 e. The lowest BCUT2D eigenvalue weighted by Crippen LogP contribution is -2.51. The Bertz CT molecular complexity index is 333. The molecule has 1 fully saturated rings. The van der Waals surface area contributed by atoms with E-state index in [0.29, 0.717) is 6.54 Å². The van der Waals surface area contributed by atoms with Crippen LogP contribution in [0.3, 0.4) is 0 Å². The smallest absolute Gasteiger partial charge is 0.154 e. The molecule has 0 spiro atoms. The average molecular weight is 261 g/mol. The molecule has 0 aromatic rings. The lowest BCUT2D eigenvalue weighted by molar-refractivity contribution is 0.359. The topological polar surface area (TPSA) is 46.2 Å². The molecule has 0 radical (unpaired) electrons. The molecule has 0 aromatic carbocycles. The number of hydrogen-bond donors (Lipinski definition) is 1. The summed E-state index contributed by atoms with van der Waals surface area (Å²) in [6, 6.07) is 0. The van der Waals surface area contributed by atoms with Crippen LogP contribution >= 0.6 is 0 Å². The zero-order valence-corrected chi connectivity index (χ0v) is 12.5. The van der Waals surface area contributed by atoms with E-state index in [-0.39, 0.29) is 5.54 Å². The predicted molar refractivity (Wildman–Crippen MR) is 73.0 cm³/mol. The summed E-state index contributed by atoms with van der Waals surface area (Å²) < 4.78 is 23.7. The van der Waals surface area contributed by atoms with Gasteiger partial charge in [0.05, 0.1) is 4.75 Å². The summed E-state index contributed by atoms with van der Waals surface area (Å²) in [7, 11) is -3.00. The highest BCUT2D eigenvalue weighted by atomic mass is 32.2. The molecule has 0 heterocycles. The molecular weight excluding hydrogens is 234 g/mol. The second-order valence-electron chi connectivity index (χ2n) is 6.47. The van der Waals surface area contributed by atoms with Crippen molar-refractivity contribution in [2.75, 3.05) is 12.8 Å². The van der Waals surface area contributed by atoms with E-state index in [0.717, 1.165) is 25.7 Å². The molecule has 1 aliphatic rings. The minimum atomic E-state index is -3.00. The van der Waals surface area contributed by atoms with Gasteiger partial charge in [0, 0.05) is 18.3 Å². The quantitative estimate of drug-likeness (QED) is 0.794. The summed E-state index contributed by atoms with van der Waals surface area (Å²) in [6.07, 6.45) is 7.46. The van der Waals surface area contributed by atoms with E-state index in [2.05, 4.69) is 26.1 Å². The van der Waals surface area contributed by atoms with E-state index in [1.165, 1.54) is 19.1 Å². The molecule has 4 heteroatoms. The Hall–Kier alpha value is -0.0900. The maximum Gasteiger partial charge on any atom is 0.154 e. The Morgan fingerprint density at radius 1 is 1.06 bits per heavy atom. The molecule has 1 aliphatic carbocycles. The second-order valence-corrected chi connectivity index (χ2v) is 8.88. The average Bonchev–Trinajstić information content (AvgIpc) is 2.38. The van der Waals surface area contributed by atoms with Crippen molar-refractivity contribution in [3.63, 3.8) is 0 Å². The van der Waals surface area contributed by atoms with E-state index in [9.17, 15) is 8.42 Å². The first-order valence-electron chi connectivity index (χ1n) is 6.61. The van der Waals surface area contributed by atoms with Gasteiger partial charge in [0.25, 0.3) is 0 Å². The van der Waals surface area contributed by atoms with Crippen LogP contribution in [0.1, 0.15) is 59.3 Å². The zero-order valence-electron chi connectivity index (χ0n) is 11.7. The minimum absolute atomic E-state index is 0.0238. The SMILES string of the molecule is CC(C)(C)NCC1(S(C)(=O)=O)CCCCCC1. The van der Waals surface area contributed by atoms with Gasteiger partial charge >= 0.3 is 0 Å². The fourth-order valence-corrected chi connectivity index (χ4v) is 3.84. The third kappa shape index (κ3) is 4.25. The molecule has 17 heavy (non-hydrogen) atoms. The fourth-order valence-electron chi connectivity index (χ4n) is 2.48. The standard InChI is InChI=1S/C13H27NO2S/c1-12(2,3)14-11-13(17(4,15)16)9-7-5-6-8-10-13/h14H,5-11H2,1-4H3. The van der Waals surface area contributed by atoms with Crippen LogP contribution in [0.2, 0.25) is 0 Å². The van der Waals surface area contributed by atoms with Gasteiger partial charge in [0.1, 0.15) is 0 Å². The van der Waals surface area contributed by atoms with Gasteiger partial charge in [-0.25, -0.2) is 8.42 Å². The fraction of sp³-hybridized carbons (Fsp3) is 1.00. The Morgan fingerprint density at radius 2 is 1.53 bits per heavy atom. The highest BCUT2D eigenvalue weighted by Gasteiger charge is 2.41. The van der Waals surface area contributed by atoms with Crippen molar-refractivity contribution in [2.45, 2.75) is 69.6 Å². The van der Waals surface area contributed by atoms with Gasteiger partial charge < -0.3 is 5.32 Å². The van der Waals surface area contributed by atoms with Crippen molar-refractivity contribution >= 4 is 9.84 Å². The Morgan fingerprint density at radius 3 is 1.88 bits per heavy atom. The monoisotopic (exact) mass is 261 g/mol. The molecule has 1 saturated carbocycles. The van der Waals surface area contributed by atoms with Gasteiger partial charge in [0.2, 0.25) is 0 Å². The predicted octanol–water partition coefficient (Wildman–Crippen LogP) is 2.51. The Kier molecular flexibility index (Phi) is 4.64. The first-order chi connectivity index (χ1) is 7.66. The van der Waals surface area contributed by atoms with Gasteiger partial charge in [-0.15, -0.1) is 0 Å². The Labute approximate surface area is 106 Å². The lowest BCUT2D eigenvalue weighted by atomic mass is 9.97. The third-order valence-electron chi connectivity index (χ3n) is 3.74. The summed E-state index contributed by atoms with van der Waals surface area (Å²) in [6.45, 7) is 6.84. The van der Waals surface area contributed by atoms with Crippen LogP contribution in [0.25, 0.3) is 0 Å². The summed E-state index contributed by atoms with van der Waals surface area (Å²) >= 11 is 0. The molecule has 1 N–H and O–H groups in total. The molecule has 102 valence electrons. The van der Waals surface area contributed by atoms with Crippen molar-refractivity contribution in [1.29, 1.82) is 0 Å². The first kappa shape index (κ1) is 15.0. The van der Waals surface area contributed by atoms with E-state index in [1.807, 2.05) is 0 Å². The molecule has 0 aromatic heterocycles. The van der Waals surface area contributed by atoms with Gasteiger partial charge in [-0.2, -0.15) is 0 Å². The maximum atomic E-state index is 12.1. The molecule has 0 atom stereocenters. The lowest BCUT2D eigenvalue weighted by Gasteiger charge is -2.34. The van der Waals surface area contributed by atoms with E-state index in [1.54, 1.807) is 0 Å². The first-order valence-corrected chi connectivity index (χ1v) is 8.50. The van der Waals surface area contributed by atoms with Crippen LogP contribution in [0.15, 0.2) is 0 Å². The molecule has 0 aliphatic heterocycles. The number of nitrogens with one attached hydrogen (secondary N) is 1. The zero-order chi connectivity index (χ0) is 13.2. The summed E-state index contributed by atoms with van der Waals surface area (Å²) in [5, 5.41) is 3.39. The number of hydrogen-bond acceptors (Lipinski definition) is 3. The Balaban J connectivity index is 2.86. The van der Waals surface area contributed by atoms with E-state index in [4.69, 9.17) is 0 Å². The van der Waals surface area contributed by atoms with Crippen molar-refractivity contribution < 1.29 is 8.42 Å². The van der Waals surface area contributed by atoms with Crippen LogP contribution in [-0.4, -0.2) is 31.5 Å². The number of sulfone groups is 1. The van der Waals surface area contributed by atoms with E-state index < -0.39 is 14.6 Å². The molecular formula is C13H27NO2S. The summed E-state index contributed by atoms with van der Waals surface area (Å²) in [4.78, 5) is 0. The van der Waals surface area contributed by atoms with Crippen molar-refractivity contribution in [3.8, 4) is 0 Å². The molecule has 0 unspecified atom stereocenters. The van der Waals surface area contributed by atoms with Crippen molar-refractivity contribution in [2.24, 2.45) is 0 Å². The largest absolute Gasteiger partial charge is 0.310 e. The van der Waals surface area contributed by atoms with Crippen LogP contribution in [0, 0.1) is 0 Å². The normalized spacial score (nSPS) is 22.1. The molecule has 0 bridgehead atoms. The molecule has 0 saturated heterocycles. The van der Waals surface area contributed by atoms with Crippen LogP contribution in [-0.2, 0) is 9.84 Å². The highest BCUT2D eigenvalue weighted by molar-refractivity contribution is 7.92. The summed E-state index contributed by atoms with van der Waals surface area (Å²) in [5.41, 5.74) is -0.0238. The van der Waals surface area contributed by atoms with Crippen LogP contribution < -0.4 is 5.32 Å². The molecule has 1 rings (SSSR count). The van der Waals surface area contributed by atoms with Gasteiger partial charge in [-0.05, 0) is 33.6 Å². The second kappa shape index (κ2) is 5.27. The molecule has 3 nitrogen and oxygen atoms in total. The third-order valence-corrected chi connectivity index (χ3v) is 5.87. The van der Waals surface area contributed by atoms with E-state index >= 15 is 0 Å². The van der Waals surface area contributed by atoms with Crippen LogP contribution in [0.4, 0.5) is 0 Å². The number of rotatable bonds is 3. The van der Waals surface area contributed by atoms with Crippen molar-refractivity contribution in [3.05, 3.63) is 0 Å². The maximum absolute atomic E-state index is 12.1.